The number of nitrogens with one attached hydrogen (secondary N) is 2. The van der Waals surface area contributed by atoms with Crippen LogP contribution in [0.25, 0.3) is 22.1 Å². The van der Waals surface area contributed by atoms with E-state index in [1.54, 1.807) is 6.26 Å². The Kier molecular flexibility index (Phi) is 3.67. The summed E-state index contributed by atoms with van der Waals surface area (Å²) in [6.07, 6.45) is 11.7. The van der Waals surface area contributed by atoms with Crippen LogP contribution in [0.5, 0.6) is 0 Å². The molecule has 4 unspecified atom stereocenters. The van der Waals surface area contributed by atoms with Crippen molar-refractivity contribution in [2.75, 3.05) is 12.8 Å². The highest BCUT2D eigenvalue weighted by atomic mass is 32.2. The van der Waals surface area contributed by atoms with E-state index < -0.39 is 11.0 Å². The number of rotatable bonds is 5. The fourth-order valence-corrected chi connectivity index (χ4v) is 5.40. The lowest BCUT2D eigenvalue weighted by Crippen LogP contribution is -2.23. The molecule has 2 aliphatic carbocycles. The maximum Gasteiger partial charge on any atom is 0.139 e. The zero-order valence-corrected chi connectivity index (χ0v) is 15.2. The Morgan fingerprint density at radius 1 is 1.40 bits per heavy atom. The van der Waals surface area contributed by atoms with E-state index in [4.69, 9.17) is 4.98 Å². The molecule has 0 saturated heterocycles. The molecule has 2 N–H and O–H groups in total. The van der Waals surface area contributed by atoms with Crippen LogP contribution in [0.15, 0.2) is 18.5 Å². The third-order valence-electron chi connectivity index (χ3n) is 5.99. The van der Waals surface area contributed by atoms with Crippen LogP contribution in [-0.2, 0) is 17.4 Å². The number of hydrogen-bond acceptors (Lipinski definition) is 3. The van der Waals surface area contributed by atoms with Gasteiger partial charge in [0.15, 0.2) is 0 Å². The quantitative estimate of drug-likeness (QED) is 0.737. The van der Waals surface area contributed by atoms with Gasteiger partial charge in [-0.1, -0.05) is 6.42 Å². The van der Waals surface area contributed by atoms with Crippen molar-refractivity contribution in [3.8, 4) is 0 Å². The highest BCUT2D eigenvalue weighted by Gasteiger charge is 2.41. The Balaban J connectivity index is 1.64. The van der Waals surface area contributed by atoms with E-state index in [1.165, 1.54) is 31.2 Å². The summed E-state index contributed by atoms with van der Waals surface area (Å²) < 4.78 is 16.9. The molecular formula is C18H23N5OS. The van der Waals surface area contributed by atoms with Crippen LogP contribution in [0.2, 0.25) is 0 Å². The first kappa shape index (κ1) is 15.5. The second kappa shape index (κ2) is 5.92. The molecule has 2 aliphatic rings. The van der Waals surface area contributed by atoms with Gasteiger partial charge in [0.2, 0.25) is 0 Å². The van der Waals surface area contributed by atoms with Crippen molar-refractivity contribution in [1.82, 2.24) is 24.2 Å². The van der Waals surface area contributed by atoms with E-state index in [1.807, 2.05) is 12.4 Å². The van der Waals surface area contributed by atoms with Crippen LogP contribution in [0.3, 0.4) is 0 Å². The number of imidazole rings is 1. The number of fused-ring (bicyclic) bond motifs is 5. The van der Waals surface area contributed by atoms with Crippen LogP contribution in [0.1, 0.15) is 37.5 Å². The Bertz CT molecular complexity index is 961. The Morgan fingerprint density at radius 3 is 3.08 bits per heavy atom. The van der Waals surface area contributed by atoms with E-state index in [-0.39, 0.29) is 0 Å². The van der Waals surface area contributed by atoms with Crippen LogP contribution in [0, 0.1) is 11.8 Å². The fourth-order valence-electron chi connectivity index (χ4n) is 5.01. The molecule has 0 amide bonds. The summed E-state index contributed by atoms with van der Waals surface area (Å²) in [6.45, 7) is 0.678. The first-order chi connectivity index (χ1) is 12.2. The number of nitrogens with zero attached hydrogens (tertiary/aromatic N) is 3. The van der Waals surface area contributed by atoms with Gasteiger partial charge in [0.25, 0.3) is 0 Å². The van der Waals surface area contributed by atoms with Crippen molar-refractivity contribution in [2.45, 2.75) is 38.1 Å². The van der Waals surface area contributed by atoms with Gasteiger partial charge in [-0.15, -0.1) is 0 Å². The van der Waals surface area contributed by atoms with Crippen molar-refractivity contribution in [3.63, 3.8) is 0 Å². The summed E-state index contributed by atoms with van der Waals surface area (Å²) >= 11 is 0. The average molecular weight is 357 g/mol. The van der Waals surface area contributed by atoms with Crippen molar-refractivity contribution < 1.29 is 4.21 Å². The predicted octanol–water partition coefficient (Wildman–Crippen LogP) is 2.70. The topological polar surface area (TPSA) is 75.6 Å². The van der Waals surface area contributed by atoms with Gasteiger partial charge in [0.1, 0.15) is 17.0 Å². The van der Waals surface area contributed by atoms with Crippen LogP contribution in [0.4, 0.5) is 0 Å². The SMILES string of the molecule is CS(=O)NCCc1nc2cnc3[nH]ccc3c2n1C1CC2CCC1C2. The molecule has 25 heavy (non-hydrogen) atoms. The second-order valence-electron chi connectivity index (χ2n) is 7.47. The summed E-state index contributed by atoms with van der Waals surface area (Å²) in [4.78, 5) is 12.7. The van der Waals surface area contributed by atoms with Gasteiger partial charge < -0.3 is 9.55 Å². The molecule has 5 rings (SSSR count). The lowest BCUT2D eigenvalue weighted by Gasteiger charge is -2.26. The van der Waals surface area contributed by atoms with Gasteiger partial charge in [-0.2, -0.15) is 0 Å². The first-order valence-corrected chi connectivity index (χ1v) is 10.7. The van der Waals surface area contributed by atoms with E-state index >= 15 is 0 Å². The van der Waals surface area contributed by atoms with Gasteiger partial charge in [0, 0.05) is 36.8 Å². The number of aromatic amines is 1. The summed E-state index contributed by atoms with van der Waals surface area (Å²) in [7, 11) is -0.987. The lowest BCUT2D eigenvalue weighted by atomic mass is 9.94. The maximum absolute atomic E-state index is 11.4. The van der Waals surface area contributed by atoms with Gasteiger partial charge in [-0.25, -0.2) is 18.9 Å². The maximum atomic E-state index is 11.4. The van der Waals surface area contributed by atoms with Crippen molar-refractivity contribution in [2.24, 2.45) is 11.8 Å². The van der Waals surface area contributed by atoms with E-state index in [9.17, 15) is 4.21 Å². The smallest absolute Gasteiger partial charge is 0.139 e. The molecule has 132 valence electrons. The minimum atomic E-state index is -0.987. The lowest BCUT2D eigenvalue weighted by molar-refractivity contribution is 0.329. The van der Waals surface area contributed by atoms with Crippen molar-refractivity contribution in [3.05, 3.63) is 24.3 Å². The molecule has 0 aromatic carbocycles. The van der Waals surface area contributed by atoms with Crippen LogP contribution >= 0.6 is 0 Å². The minimum absolute atomic E-state index is 0.548. The Hall–Kier alpha value is -1.73. The van der Waals surface area contributed by atoms with Gasteiger partial charge >= 0.3 is 0 Å². The van der Waals surface area contributed by atoms with Gasteiger partial charge in [0.05, 0.1) is 22.7 Å². The van der Waals surface area contributed by atoms with Crippen molar-refractivity contribution >= 4 is 33.1 Å². The van der Waals surface area contributed by atoms with Crippen LogP contribution < -0.4 is 4.72 Å². The molecule has 4 atom stereocenters. The number of aromatic nitrogens is 4. The molecule has 0 aliphatic heterocycles. The summed E-state index contributed by atoms with van der Waals surface area (Å²) in [5.74, 6) is 2.75. The summed E-state index contributed by atoms with van der Waals surface area (Å²) in [5.41, 5.74) is 3.12. The molecule has 0 radical (unpaired) electrons. The third-order valence-corrected chi connectivity index (χ3v) is 6.60. The number of hydrogen-bond donors (Lipinski definition) is 2. The zero-order valence-electron chi connectivity index (χ0n) is 14.4. The molecule has 3 aromatic rings. The minimum Gasteiger partial charge on any atom is -0.346 e. The molecule has 3 heterocycles. The standard InChI is InChI=1S/C18H23N5OS/c1-25(24)21-7-5-16-22-14-10-20-18-13(4-6-19-18)17(14)23(16)15-9-11-2-3-12(15)8-11/h4,6,10-12,15,21H,2-3,5,7-9H2,1H3,(H,19,20). The molecular weight excluding hydrogens is 334 g/mol. The molecule has 2 saturated carbocycles. The van der Waals surface area contributed by atoms with Crippen LogP contribution in [-0.4, -0.2) is 36.5 Å². The zero-order chi connectivity index (χ0) is 17.0. The molecule has 2 fully saturated rings. The number of pyridine rings is 1. The average Bonchev–Trinajstić information content (AvgIpc) is 3.35. The Labute approximate surface area is 149 Å². The van der Waals surface area contributed by atoms with Gasteiger partial charge in [-0.3, -0.25) is 0 Å². The van der Waals surface area contributed by atoms with E-state index in [0.717, 1.165) is 40.6 Å². The highest BCUT2D eigenvalue weighted by Crippen LogP contribution is 2.52. The Morgan fingerprint density at radius 2 is 2.32 bits per heavy atom. The predicted molar refractivity (Wildman–Crippen MR) is 99.6 cm³/mol. The fraction of sp³-hybridized carbons (Fsp3) is 0.556. The summed E-state index contributed by atoms with van der Waals surface area (Å²) in [6, 6.07) is 2.66. The molecule has 6 nitrogen and oxygen atoms in total. The molecule has 7 heteroatoms. The van der Waals surface area contributed by atoms with E-state index in [2.05, 4.69) is 25.3 Å². The van der Waals surface area contributed by atoms with Crippen molar-refractivity contribution in [1.29, 1.82) is 0 Å². The monoisotopic (exact) mass is 357 g/mol. The summed E-state index contributed by atoms with van der Waals surface area (Å²) in [5, 5.41) is 1.16. The second-order valence-corrected chi connectivity index (χ2v) is 8.67. The first-order valence-electron chi connectivity index (χ1n) is 9.10. The normalized spacial score (nSPS) is 26.8. The highest BCUT2D eigenvalue weighted by molar-refractivity contribution is 7.82. The molecule has 2 bridgehead atoms. The molecule has 0 spiro atoms. The van der Waals surface area contributed by atoms with E-state index in [0.29, 0.717) is 12.6 Å². The van der Waals surface area contributed by atoms with Gasteiger partial charge in [-0.05, 0) is 37.2 Å². The number of H-pyrrole nitrogens is 1. The largest absolute Gasteiger partial charge is 0.346 e. The molecule has 3 aromatic heterocycles. The third kappa shape index (κ3) is 2.52.